The molecular weight excluding hydrogens is 254 g/mol. The van der Waals surface area contributed by atoms with Crippen molar-refractivity contribution in [2.24, 2.45) is 5.92 Å². The molecule has 110 valence electrons. The summed E-state index contributed by atoms with van der Waals surface area (Å²) in [5.74, 6) is 0.184. The number of amides is 1. The second kappa shape index (κ2) is 8.66. The van der Waals surface area contributed by atoms with Gasteiger partial charge >= 0.3 is 0 Å². The predicted molar refractivity (Wildman–Crippen MR) is 77.1 cm³/mol. The molecule has 0 aromatic carbocycles. The number of hydrogen-bond donors (Lipinski definition) is 2. The highest BCUT2D eigenvalue weighted by atomic mass is 16.5. The van der Waals surface area contributed by atoms with Crippen LogP contribution in [0.15, 0.2) is 24.5 Å². The maximum atomic E-state index is 11.8. The number of aromatic nitrogens is 1. The van der Waals surface area contributed by atoms with Gasteiger partial charge in [-0.25, -0.2) is 0 Å². The first-order valence-electron chi connectivity index (χ1n) is 7.31. The Balaban J connectivity index is 1.50. The number of carbonyl (C=O) groups excluding carboxylic acids is 1. The highest BCUT2D eigenvalue weighted by Gasteiger charge is 2.20. The average molecular weight is 277 g/mol. The second-order valence-corrected chi connectivity index (χ2v) is 5.10. The fourth-order valence-electron chi connectivity index (χ4n) is 2.25. The summed E-state index contributed by atoms with van der Waals surface area (Å²) in [6.45, 7) is 3.79. The van der Waals surface area contributed by atoms with Crippen molar-refractivity contribution in [2.45, 2.75) is 25.8 Å². The topological polar surface area (TPSA) is 63.2 Å². The van der Waals surface area contributed by atoms with Crippen molar-refractivity contribution in [3.63, 3.8) is 0 Å². The number of hydrogen-bond acceptors (Lipinski definition) is 4. The zero-order valence-electron chi connectivity index (χ0n) is 11.8. The van der Waals surface area contributed by atoms with Gasteiger partial charge in [-0.2, -0.15) is 0 Å². The van der Waals surface area contributed by atoms with Crippen LogP contribution in [0.3, 0.4) is 0 Å². The van der Waals surface area contributed by atoms with E-state index in [1.165, 1.54) is 5.56 Å². The molecule has 1 aliphatic heterocycles. The molecule has 0 radical (unpaired) electrons. The quantitative estimate of drug-likeness (QED) is 0.733. The average Bonchev–Trinajstić information content (AvgIpc) is 2.52. The Kier molecular flexibility index (Phi) is 6.47. The number of pyridine rings is 1. The first-order chi connectivity index (χ1) is 9.86. The normalized spacial score (nSPS) is 18.7. The Hall–Kier alpha value is -1.46. The van der Waals surface area contributed by atoms with Crippen molar-refractivity contribution >= 4 is 5.91 Å². The summed E-state index contributed by atoms with van der Waals surface area (Å²) in [5.41, 5.74) is 1.18. The van der Waals surface area contributed by atoms with Gasteiger partial charge in [-0.15, -0.1) is 0 Å². The maximum absolute atomic E-state index is 11.8. The smallest absolute Gasteiger partial charge is 0.225 e. The molecule has 0 aliphatic carbocycles. The first-order valence-corrected chi connectivity index (χ1v) is 7.31. The molecule has 2 N–H and O–H groups in total. The van der Waals surface area contributed by atoms with Gasteiger partial charge in [0, 0.05) is 32.1 Å². The molecule has 20 heavy (non-hydrogen) atoms. The lowest BCUT2D eigenvalue weighted by molar-refractivity contribution is -0.128. The summed E-state index contributed by atoms with van der Waals surface area (Å²) in [7, 11) is 0. The summed E-state index contributed by atoms with van der Waals surface area (Å²) in [6.07, 6.45) is 6.50. The molecule has 1 fully saturated rings. The van der Waals surface area contributed by atoms with Gasteiger partial charge in [0.25, 0.3) is 0 Å². The standard InChI is InChI=1S/C15H23N3O2/c19-15(14-5-2-9-20-12-14)18-8-3-7-17-11-13-4-1-6-16-10-13/h1,4,6,10,14,17H,2-3,5,7-9,11-12H2,(H,18,19). The van der Waals surface area contributed by atoms with E-state index in [4.69, 9.17) is 4.74 Å². The number of carbonyl (C=O) groups is 1. The van der Waals surface area contributed by atoms with Crippen LogP contribution in [-0.2, 0) is 16.1 Å². The fourth-order valence-corrected chi connectivity index (χ4v) is 2.25. The van der Waals surface area contributed by atoms with Crippen molar-refractivity contribution in [1.29, 1.82) is 0 Å². The molecular formula is C15H23N3O2. The molecule has 5 heteroatoms. The van der Waals surface area contributed by atoms with Gasteiger partial charge in [0.2, 0.25) is 5.91 Å². The number of nitrogens with one attached hydrogen (secondary N) is 2. The lowest BCUT2D eigenvalue weighted by Crippen LogP contribution is -2.36. The monoisotopic (exact) mass is 277 g/mol. The van der Waals surface area contributed by atoms with Gasteiger partial charge in [-0.05, 0) is 37.4 Å². The van der Waals surface area contributed by atoms with Gasteiger partial charge in [-0.1, -0.05) is 6.07 Å². The van der Waals surface area contributed by atoms with E-state index < -0.39 is 0 Å². The van der Waals surface area contributed by atoms with Gasteiger partial charge < -0.3 is 15.4 Å². The summed E-state index contributed by atoms with van der Waals surface area (Å²) in [4.78, 5) is 15.9. The lowest BCUT2D eigenvalue weighted by Gasteiger charge is -2.21. The van der Waals surface area contributed by atoms with E-state index in [9.17, 15) is 4.79 Å². The molecule has 1 aromatic heterocycles. The van der Waals surface area contributed by atoms with Crippen LogP contribution in [0.4, 0.5) is 0 Å². The van der Waals surface area contributed by atoms with Crippen molar-refractivity contribution in [3.8, 4) is 0 Å². The van der Waals surface area contributed by atoms with Crippen LogP contribution < -0.4 is 10.6 Å². The van der Waals surface area contributed by atoms with Crippen LogP contribution in [0.1, 0.15) is 24.8 Å². The summed E-state index contributed by atoms with van der Waals surface area (Å²) in [6, 6.07) is 3.98. The van der Waals surface area contributed by atoms with E-state index in [0.717, 1.165) is 45.5 Å². The first kappa shape index (κ1) is 14.9. The number of ether oxygens (including phenoxy) is 1. The minimum absolute atomic E-state index is 0.0482. The van der Waals surface area contributed by atoms with Crippen LogP contribution in [0.25, 0.3) is 0 Å². The van der Waals surface area contributed by atoms with Gasteiger partial charge in [0.1, 0.15) is 0 Å². The predicted octanol–water partition coefficient (Wildman–Crippen LogP) is 1.10. The van der Waals surface area contributed by atoms with E-state index in [-0.39, 0.29) is 11.8 Å². The third-order valence-electron chi connectivity index (χ3n) is 3.41. The van der Waals surface area contributed by atoms with E-state index >= 15 is 0 Å². The van der Waals surface area contributed by atoms with Crippen LogP contribution in [0.2, 0.25) is 0 Å². The zero-order chi connectivity index (χ0) is 14.0. The van der Waals surface area contributed by atoms with Crippen molar-refractivity contribution < 1.29 is 9.53 Å². The fraction of sp³-hybridized carbons (Fsp3) is 0.600. The molecule has 1 atom stereocenters. The van der Waals surface area contributed by atoms with Crippen LogP contribution in [0.5, 0.6) is 0 Å². The van der Waals surface area contributed by atoms with Crippen molar-refractivity contribution in [1.82, 2.24) is 15.6 Å². The second-order valence-electron chi connectivity index (χ2n) is 5.10. The SMILES string of the molecule is O=C(NCCCNCc1cccnc1)C1CCCOC1. The van der Waals surface area contributed by atoms with Gasteiger partial charge in [0.15, 0.2) is 0 Å². The van der Waals surface area contributed by atoms with Crippen molar-refractivity contribution in [3.05, 3.63) is 30.1 Å². The zero-order valence-corrected chi connectivity index (χ0v) is 11.8. The third kappa shape index (κ3) is 5.27. The van der Waals surface area contributed by atoms with Crippen LogP contribution in [0, 0.1) is 5.92 Å². The number of nitrogens with zero attached hydrogens (tertiary/aromatic N) is 1. The molecule has 1 unspecified atom stereocenters. The minimum Gasteiger partial charge on any atom is -0.381 e. The molecule has 0 bridgehead atoms. The van der Waals surface area contributed by atoms with E-state index in [1.807, 2.05) is 18.3 Å². The Labute approximate surface area is 120 Å². The van der Waals surface area contributed by atoms with E-state index in [0.29, 0.717) is 6.61 Å². The summed E-state index contributed by atoms with van der Waals surface area (Å²) in [5, 5.41) is 6.32. The lowest BCUT2D eigenvalue weighted by atomic mass is 10.0. The molecule has 5 nitrogen and oxygen atoms in total. The Morgan fingerprint density at radius 2 is 2.40 bits per heavy atom. The van der Waals surface area contributed by atoms with E-state index in [2.05, 4.69) is 15.6 Å². The Morgan fingerprint density at radius 3 is 3.15 bits per heavy atom. The summed E-state index contributed by atoms with van der Waals surface area (Å²) >= 11 is 0. The van der Waals surface area contributed by atoms with Gasteiger partial charge in [-0.3, -0.25) is 9.78 Å². The largest absolute Gasteiger partial charge is 0.381 e. The molecule has 2 rings (SSSR count). The third-order valence-corrected chi connectivity index (χ3v) is 3.41. The van der Waals surface area contributed by atoms with E-state index in [1.54, 1.807) is 6.20 Å². The molecule has 0 saturated carbocycles. The summed E-state index contributed by atoms with van der Waals surface area (Å²) < 4.78 is 5.32. The maximum Gasteiger partial charge on any atom is 0.225 e. The molecule has 0 spiro atoms. The molecule has 1 aromatic rings. The Morgan fingerprint density at radius 1 is 1.45 bits per heavy atom. The molecule has 1 saturated heterocycles. The van der Waals surface area contributed by atoms with Gasteiger partial charge in [0.05, 0.1) is 12.5 Å². The molecule has 1 amide bonds. The number of rotatable bonds is 7. The molecule has 1 aliphatic rings. The van der Waals surface area contributed by atoms with Crippen molar-refractivity contribution in [2.75, 3.05) is 26.3 Å². The van der Waals surface area contributed by atoms with Crippen LogP contribution >= 0.6 is 0 Å². The Bertz CT molecular complexity index is 391. The highest BCUT2D eigenvalue weighted by molar-refractivity contribution is 5.78. The highest BCUT2D eigenvalue weighted by Crippen LogP contribution is 2.13. The van der Waals surface area contributed by atoms with Crippen LogP contribution in [-0.4, -0.2) is 37.2 Å². The minimum atomic E-state index is 0.0482. The molecule has 2 heterocycles.